The molecule has 2 aliphatic carbocycles. The number of rotatable bonds is 10. The molecule has 0 saturated heterocycles. The highest BCUT2D eigenvalue weighted by Crippen LogP contribution is 2.54. The van der Waals surface area contributed by atoms with Gasteiger partial charge >= 0.3 is 0 Å². The molecule has 1 saturated carbocycles. The van der Waals surface area contributed by atoms with Crippen LogP contribution in [0.2, 0.25) is 0 Å². The molecular weight excluding hydrogens is 478 g/mol. The fraction of sp³-hybridized carbons (Fsp3) is 0.417. The molecule has 3 nitrogen and oxygen atoms in total. The number of aryl methyl sites for hydroxylation is 1. The summed E-state index contributed by atoms with van der Waals surface area (Å²) in [7, 11) is 0. The van der Waals surface area contributed by atoms with Gasteiger partial charge in [0.1, 0.15) is 0 Å². The van der Waals surface area contributed by atoms with Crippen molar-refractivity contribution in [2.75, 3.05) is 0 Å². The number of fused-ring (bicyclic) bond motifs is 3. The van der Waals surface area contributed by atoms with Crippen molar-refractivity contribution >= 4 is 17.3 Å². The monoisotopic (exact) mass is 519 g/mol. The van der Waals surface area contributed by atoms with Crippen LogP contribution >= 0.6 is 0 Å². The highest BCUT2D eigenvalue weighted by molar-refractivity contribution is 6.45. The van der Waals surface area contributed by atoms with E-state index in [1.165, 1.54) is 36.0 Å². The van der Waals surface area contributed by atoms with Gasteiger partial charge in [-0.05, 0) is 72.1 Å². The maximum Gasteiger partial charge on any atom is 0.206 e. The molecular formula is C36H41NO2. The molecule has 39 heavy (non-hydrogen) atoms. The van der Waals surface area contributed by atoms with Gasteiger partial charge < -0.3 is 5.41 Å². The molecule has 5 rings (SSSR count). The molecule has 3 heteroatoms. The molecule has 1 fully saturated rings. The Balaban J connectivity index is 1.54. The second-order valence-electron chi connectivity index (χ2n) is 11.8. The summed E-state index contributed by atoms with van der Waals surface area (Å²) in [6.07, 6.45) is 10.5. The van der Waals surface area contributed by atoms with Gasteiger partial charge in [-0.1, -0.05) is 107 Å². The number of nitrogens with one attached hydrogen (secondary N) is 1. The van der Waals surface area contributed by atoms with Gasteiger partial charge in [0.15, 0.2) is 5.78 Å². The lowest BCUT2D eigenvalue weighted by Gasteiger charge is -2.32. The van der Waals surface area contributed by atoms with Crippen LogP contribution in [-0.2, 0) is 5.41 Å². The second kappa shape index (κ2) is 11.4. The van der Waals surface area contributed by atoms with Crippen LogP contribution in [0.25, 0.3) is 11.1 Å². The van der Waals surface area contributed by atoms with Crippen molar-refractivity contribution in [1.82, 2.24) is 0 Å². The maximum absolute atomic E-state index is 13.6. The molecule has 0 radical (unpaired) electrons. The summed E-state index contributed by atoms with van der Waals surface area (Å²) in [5.41, 5.74) is 7.83. The van der Waals surface area contributed by atoms with Crippen molar-refractivity contribution in [1.29, 1.82) is 5.41 Å². The number of Topliss-reactive ketones (excluding diaryl/α,β-unsaturated/α-hetero) is 1. The van der Waals surface area contributed by atoms with Gasteiger partial charge in [-0.3, -0.25) is 9.59 Å². The molecule has 0 heterocycles. The Kier molecular flexibility index (Phi) is 7.98. The first-order valence-corrected chi connectivity index (χ1v) is 14.9. The lowest BCUT2D eigenvalue weighted by molar-refractivity contribution is 0.103. The first-order valence-electron chi connectivity index (χ1n) is 14.9. The van der Waals surface area contributed by atoms with E-state index in [-0.39, 0.29) is 22.7 Å². The van der Waals surface area contributed by atoms with Crippen molar-refractivity contribution in [2.45, 2.75) is 90.4 Å². The van der Waals surface area contributed by atoms with Gasteiger partial charge in [0.2, 0.25) is 5.78 Å². The van der Waals surface area contributed by atoms with Crippen LogP contribution in [0.1, 0.15) is 121 Å². The van der Waals surface area contributed by atoms with Crippen LogP contribution in [-0.4, -0.2) is 17.3 Å². The van der Waals surface area contributed by atoms with Crippen molar-refractivity contribution < 1.29 is 9.59 Å². The molecule has 3 aromatic rings. The van der Waals surface area contributed by atoms with E-state index in [2.05, 4.69) is 38.1 Å². The first-order chi connectivity index (χ1) is 18.9. The predicted molar refractivity (Wildman–Crippen MR) is 160 cm³/mol. The zero-order chi connectivity index (χ0) is 27.6. The Bertz CT molecular complexity index is 1400. The zero-order valence-electron chi connectivity index (χ0n) is 23.7. The van der Waals surface area contributed by atoms with Crippen LogP contribution < -0.4 is 0 Å². The third-order valence-corrected chi connectivity index (χ3v) is 9.12. The van der Waals surface area contributed by atoms with E-state index >= 15 is 0 Å². The molecule has 0 aromatic heterocycles. The third kappa shape index (κ3) is 5.04. The second-order valence-corrected chi connectivity index (χ2v) is 11.8. The van der Waals surface area contributed by atoms with Crippen LogP contribution in [0, 0.1) is 18.3 Å². The van der Waals surface area contributed by atoms with E-state index in [1.807, 2.05) is 43.3 Å². The number of ketones is 2. The van der Waals surface area contributed by atoms with Crippen LogP contribution in [0.5, 0.6) is 0 Å². The van der Waals surface area contributed by atoms with Gasteiger partial charge in [0.25, 0.3) is 0 Å². The molecule has 0 aliphatic heterocycles. The summed E-state index contributed by atoms with van der Waals surface area (Å²) in [4.78, 5) is 27.1. The minimum absolute atomic E-state index is 0.0563. The van der Waals surface area contributed by atoms with Gasteiger partial charge in [0, 0.05) is 22.1 Å². The van der Waals surface area contributed by atoms with E-state index < -0.39 is 0 Å². The largest absolute Gasteiger partial charge is 0.301 e. The zero-order valence-corrected chi connectivity index (χ0v) is 23.7. The van der Waals surface area contributed by atoms with E-state index in [0.29, 0.717) is 17.9 Å². The first kappa shape index (κ1) is 27.2. The molecule has 2 aliphatic rings. The number of benzene rings is 3. The average Bonchev–Trinajstić information content (AvgIpc) is 3.21. The summed E-state index contributed by atoms with van der Waals surface area (Å²) >= 11 is 0. The van der Waals surface area contributed by atoms with Crippen LogP contribution in [0.15, 0.2) is 60.7 Å². The van der Waals surface area contributed by atoms with Crippen molar-refractivity contribution in [3.8, 4) is 11.1 Å². The van der Waals surface area contributed by atoms with E-state index in [0.717, 1.165) is 60.8 Å². The Labute approximate surface area is 233 Å². The smallest absolute Gasteiger partial charge is 0.206 e. The van der Waals surface area contributed by atoms with Gasteiger partial charge in [-0.2, -0.15) is 0 Å². The highest BCUT2D eigenvalue weighted by atomic mass is 16.1. The van der Waals surface area contributed by atoms with Gasteiger partial charge in [-0.15, -0.1) is 0 Å². The Morgan fingerprint density at radius 3 is 2.03 bits per heavy atom. The number of carbonyl (C=O) groups is 2. The number of hydrogen-bond donors (Lipinski definition) is 1. The summed E-state index contributed by atoms with van der Waals surface area (Å²) in [6.45, 7) is 6.41. The van der Waals surface area contributed by atoms with E-state index in [9.17, 15) is 9.59 Å². The normalized spacial score (nSPS) is 16.0. The molecule has 1 N–H and O–H groups in total. The number of carbonyl (C=O) groups excluding carboxylic acids is 2. The highest BCUT2D eigenvalue weighted by Gasteiger charge is 2.42. The third-order valence-electron chi connectivity index (χ3n) is 9.12. The molecule has 3 aromatic carbocycles. The summed E-state index contributed by atoms with van der Waals surface area (Å²) in [5, 5.41) is 8.64. The fourth-order valence-electron chi connectivity index (χ4n) is 7.22. The molecule has 202 valence electrons. The molecule has 0 atom stereocenters. The molecule has 0 spiro atoms. The molecule has 0 unspecified atom stereocenters. The topological polar surface area (TPSA) is 58.0 Å². The summed E-state index contributed by atoms with van der Waals surface area (Å²) in [5.74, 6) is 0.398. The Morgan fingerprint density at radius 2 is 1.41 bits per heavy atom. The molecule has 0 amide bonds. The summed E-state index contributed by atoms with van der Waals surface area (Å²) in [6, 6.07) is 20.1. The minimum atomic E-state index is -0.238. The quantitative estimate of drug-likeness (QED) is 0.214. The van der Waals surface area contributed by atoms with Crippen molar-refractivity contribution in [3.63, 3.8) is 0 Å². The SMILES string of the molecule is CCCC1(CCC)c2cc(C(=O)C(=N)CC3CCCCC3)ccc2-c2ccc(C(=O)c3ccccc3C)cc21. The van der Waals surface area contributed by atoms with Gasteiger partial charge in [-0.25, -0.2) is 0 Å². The van der Waals surface area contributed by atoms with Crippen LogP contribution in [0.4, 0.5) is 0 Å². The standard InChI is InChI=1S/C36H41NO2/c1-4-19-36(20-5-2)31-22-26(34(38)28-14-10-9-11-24(28)3)15-17-29(31)30-18-16-27(23-32(30)36)35(39)33(37)21-25-12-7-6-8-13-25/h9-11,14-18,22-23,25,37H,4-8,12-13,19-21H2,1-3H3. The van der Waals surface area contributed by atoms with Crippen LogP contribution in [0.3, 0.4) is 0 Å². The Hall–Kier alpha value is -3.33. The van der Waals surface area contributed by atoms with Crippen molar-refractivity contribution in [3.05, 3.63) is 94.0 Å². The predicted octanol–water partition coefficient (Wildman–Crippen LogP) is 9.27. The maximum atomic E-state index is 13.6. The average molecular weight is 520 g/mol. The fourth-order valence-corrected chi connectivity index (χ4v) is 7.22. The lowest BCUT2D eigenvalue weighted by Crippen LogP contribution is -2.26. The van der Waals surface area contributed by atoms with E-state index in [4.69, 9.17) is 5.41 Å². The lowest BCUT2D eigenvalue weighted by atomic mass is 9.71. The minimum Gasteiger partial charge on any atom is -0.301 e. The van der Waals surface area contributed by atoms with E-state index in [1.54, 1.807) is 0 Å². The van der Waals surface area contributed by atoms with Gasteiger partial charge in [0.05, 0.1) is 5.71 Å². The Morgan fingerprint density at radius 1 is 0.821 bits per heavy atom. The molecule has 0 bridgehead atoms. The number of hydrogen-bond acceptors (Lipinski definition) is 3. The van der Waals surface area contributed by atoms with Crippen molar-refractivity contribution in [2.24, 2.45) is 5.92 Å². The summed E-state index contributed by atoms with van der Waals surface area (Å²) < 4.78 is 0.